The van der Waals surface area contributed by atoms with Gasteiger partial charge in [0.25, 0.3) is 5.91 Å². The van der Waals surface area contributed by atoms with Crippen molar-refractivity contribution in [1.82, 2.24) is 10.3 Å². The molecule has 2 heterocycles. The molecule has 1 aliphatic rings. The Bertz CT molecular complexity index is 349. The van der Waals surface area contributed by atoms with Crippen molar-refractivity contribution < 1.29 is 9.53 Å². The van der Waals surface area contributed by atoms with Crippen LogP contribution in [0.5, 0.6) is 0 Å². The van der Waals surface area contributed by atoms with Gasteiger partial charge < -0.3 is 10.1 Å². The predicted octanol–water partition coefficient (Wildman–Crippen LogP) is 0.378. The van der Waals surface area contributed by atoms with Gasteiger partial charge in [0.2, 0.25) is 0 Å². The topological polar surface area (TPSA) is 63.2 Å². The summed E-state index contributed by atoms with van der Waals surface area (Å²) in [5, 5.41) is 6.39. The first-order chi connectivity index (χ1) is 7.24. The third-order valence-electron chi connectivity index (χ3n) is 2.06. The second-order valence-corrected chi connectivity index (χ2v) is 4.65. The Hall–Kier alpha value is -0.980. The van der Waals surface area contributed by atoms with Crippen LogP contribution < -0.4 is 10.6 Å². The SMILES string of the molecule is Cc1cnc(NC(=O)COC2CNC2)s1. The summed E-state index contributed by atoms with van der Waals surface area (Å²) >= 11 is 1.46. The minimum absolute atomic E-state index is 0.102. The summed E-state index contributed by atoms with van der Waals surface area (Å²) in [4.78, 5) is 16.5. The number of carbonyl (C=O) groups is 1. The van der Waals surface area contributed by atoms with E-state index in [0.29, 0.717) is 5.13 Å². The molecular weight excluding hydrogens is 214 g/mol. The van der Waals surface area contributed by atoms with E-state index >= 15 is 0 Å². The average Bonchev–Trinajstić information content (AvgIpc) is 2.48. The van der Waals surface area contributed by atoms with E-state index in [9.17, 15) is 4.79 Å². The monoisotopic (exact) mass is 227 g/mol. The number of aryl methyl sites for hydroxylation is 1. The van der Waals surface area contributed by atoms with E-state index in [1.165, 1.54) is 11.3 Å². The van der Waals surface area contributed by atoms with E-state index in [4.69, 9.17) is 4.74 Å². The maximum Gasteiger partial charge on any atom is 0.252 e. The van der Waals surface area contributed by atoms with Gasteiger partial charge in [-0.15, -0.1) is 11.3 Å². The van der Waals surface area contributed by atoms with Crippen LogP contribution in [0.1, 0.15) is 4.88 Å². The first kappa shape index (κ1) is 10.5. The van der Waals surface area contributed by atoms with Gasteiger partial charge in [-0.1, -0.05) is 0 Å². The third-order valence-corrected chi connectivity index (χ3v) is 2.89. The molecule has 0 bridgehead atoms. The maximum absolute atomic E-state index is 11.4. The van der Waals surface area contributed by atoms with Crippen molar-refractivity contribution in [2.45, 2.75) is 13.0 Å². The third kappa shape index (κ3) is 2.98. The van der Waals surface area contributed by atoms with Crippen LogP contribution in [-0.2, 0) is 9.53 Å². The van der Waals surface area contributed by atoms with Crippen molar-refractivity contribution in [3.63, 3.8) is 0 Å². The molecule has 1 saturated heterocycles. The van der Waals surface area contributed by atoms with E-state index in [-0.39, 0.29) is 18.6 Å². The highest BCUT2D eigenvalue weighted by Crippen LogP contribution is 2.16. The van der Waals surface area contributed by atoms with Crippen LogP contribution in [0.2, 0.25) is 0 Å². The molecule has 0 spiro atoms. The predicted molar refractivity (Wildman–Crippen MR) is 58.1 cm³/mol. The minimum atomic E-state index is -0.142. The fraction of sp³-hybridized carbons (Fsp3) is 0.556. The molecule has 0 aliphatic carbocycles. The molecule has 82 valence electrons. The fourth-order valence-electron chi connectivity index (χ4n) is 1.14. The molecule has 0 radical (unpaired) electrons. The van der Waals surface area contributed by atoms with Gasteiger partial charge in [-0.3, -0.25) is 10.1 Å². The van der Waals surface area contributed by atoms with Crippen molar-refractivity contribution in [2.24, 2.45) is 0 Å². The van der Waals surface area contributed by atoms with Gasteiger partial charge in [0.05, 0.1) is 6.10 Å². The van der Waals surface area contributed by atoms with Crippen LogP contribution in [-0.4, -0.2) is 36.7 Å². The van der Waals surface area contributed by atoms with Gasteiger partial charge in [-0.2, -0.15) is 0 Å². The molecule has 0 unspecified atom stereocenters. The molecule has 2 N–H and O–H groups in total. The molecular formula is C9H13N3O2S. The molecule has 1 aromatic heterocycles. The number of anilines is 1. The summed E-state index contributed by atoms with van der Waals surface area (Å²) in [5.41, 5.74) is 0. The Kier molecular flexibility index (Phi) is 3.30. The number of carbonyl (C=O) groups excluding carboxylic acids is 1. The Morgan fingerprint density at radius 1 is 1.80 bits per heavy atom. The molecule has 0 saturated carbocycles. The molecule has 0 atom stereocenters. The first-order valence-corrected chi connectivity index (χ1v) is 5.60. The normalized spacial score (nSPS) is 16.1. The number of hydrogen-bond donors (Lipinski definition) is 2. The lowest BCUT2D eigenvalue weighted by molar-refractivity contribution is -0.123. The zero-order valence-corrected chi connectivity index (χ0v) is 9.26. The largest absolute Gasteiger partial charge is 0.366 e. The number of ether oxygens (including phenoxy) is 1. The zero-order chi connectivity index (χ0) is 10.7. The Labute approximate surface area is 91.9 Å². The highest BCUT2D eigenvalue weighted by molar-refractivity contribution is 7.15. The number of hydrogen-bond acceptors (Lipinski definition) is 5. The average molecular weight is 227 g/mol. The second-order valence-electron chi connectivity index (χ2n) is 3.42. The number of amides is 1. The minimum Gasteiger partial charge on any atom is -0.366 e. The number of aromatic nitrogens is 1. The summed E-state index contributed by atoms with van der Waals surface area (Å²) < 4.78 is 5.32. The lowest BCUT2D eigenvalue weighted by Gasteiger charge is -2.26. The van der Waals surface area contributed by atoms with Crippen molar-refractivity contribution >= 4 is 22.4 Å². The summed E-state index contributed by atoms with van der Waals surface area (Å²) in [7, 11) is 0. The van der Waals surface area contributed by atoms with Crippen LogP contribution >= 0.6 is 11.3 Å². The number of nitrogens with one attached hydrogen (secondary N) is 2. The van der Waals surface area contributed by atoms with Gasteiger partial charge in [-0.05, 0) is 6.92 Å². The fourth-order valence-corrected chi connectivity index (χ4v) is 1.82. The van der Waals surface area contributed by atoms with Crippen LogP contribution in [0.25, 0.3) is 0 Å². The number of rotatable bonds is 4. The molecule has 15 heavy (non-hydrogen) atoms. The summed E-state index contributed by atoms with van der Waals surface area (Å²) in [6, 6.07) is 0. The highest BCUT2D eigenvalue weighted by atomic mass is 32.1. The van der Waals surface area contributed by atoms with E-state index in [2.05, 4.69) is 15.6 Å². The van der Waals surface area contributed by atoms with E-state index < -0.39 is 0 Å². The lowest BCUT2D eigenvalue weighted by atomic mass is 10.2. The molecule has 1 fully saturated rings. The van der Waals surface area contributed by atoms with Gasteiger partial charge in [0.15, 0.2) is 5.13 Å². The molecule has 2 rings (SSSR count). The summed E-state index contributed by atoms with van der Waals surface area (Å²) in [6.07, 6.45) is 1.92. The molecule has 1 aliphatic heterocycles. The summed E-state index contributed by atoms with van der Waals surface area (Å²) in [5.74, 6) is -0.142. The van der Waals surface area contributed by atoms with Crippen LogP contribution in [0.15, 0.2) is 6.20 Å². The Morgan fingerprint density at radius 3 is 3.13 bits per heavy atom. The zero-order valence-electron chi connectivity index (χ0n) is 8.45. The van der Waals surface area contributed by atoms with E-state index in [0.717, 1.165) is 18.0 Å². The van der Waals surface area contributed by atoms with Crippen molar-refractivity contribution in [1.29, 1.82) is 0 Å². The van der Waals surface area contributed by atoms with Crippen LogP contribution in [0, 0.1) is 6.92 Å². The van der Waals surface area contributed by atoms with Crippen LogP contribution in [0.3, 0.4) is 0 Å². The van der Waals surface area contributed by atoms with Gasteiger partial charge in [-0.25, -0.2) is 4.98 Å². The molecule has 5 nitrogen and oxygen atoms in total. The standard InChI is InChI=1S/C9H13N3O2S/c1-6-2-11-9(15-6)12-8(13)5-14-7-3-10-4-7/h2,7,10H,3-5H2,1H3,(H,11,12,13). The maximum atomic E-state index is 11.4. The molecule has 6 heteroatoms. The molecule has 0 aromatic carbocycles. The summed E-state index contributed by atoms with van der Waals surface area (Å²) in [6.45, 7) is 3.72. The first-order valence-electron chi connectivity index (χ1n) is 4.78. The van der Waals surface area contributed by atoms with Crippen molar-refractivity contribution in [3.8, 4) is 0 Å². The van der Waals surface area contributed by atoms with E-state index in [1.807, 2.05) is 6.92 Å². The second kappa shape index (κ2) is 4.69. The van der Waals surface area contributed by atoms with Gasteiger partial charge >= 0.3 is 0 Å². The molecule has 1 amide bonds. The molecule has 1 aromatic rings. The van der Waals surface area contributed by atoms with Gasteiger partial charge in [0, 0.05) is 24.2 Å². The number of nitrogens with zero attached hydrogens (tertiary/aromatic N) is 1. The number of thiazole rings is 1. The highest BCUT2D eigenvalue weighted by Gasteiger charge is 2.18. The Morgan fingerprint density at radius 2 is 2.60 bits per heavy atom. The van der Waals surface area contributed by atoms with Crippen LogP contribution in [0.4, 0.5) is 5.13 Å². The van der Waals surface area contributed by atoms with Gasteiger partial charge in [0.1, 0.15) is 6.61 Å². The Balaban J connectivity index is 1.71. The smallest absolute Gasteiger partial charge is 0.252 e. The van der Waals surface area contributed by atoms with Crippen molar-refractivity contribution in [2.75, 3.05) is 25.0 Å². The quantitative estimate of drug-likeness (QED) is 0.780. The van der Waals surface area contributed by atoms with E-state index in [1.54, 1.807) is 6.20 Å². The lowest BCUT2D eigenvalue weighted by Crippen LogP contribution is -2.49. The van der Waals surface area contributed by atoms with Crippen molar-refractivity contribution in [3.05, 3.63) is 11.1 Å².